The van der Waals surface area contributed by atoms with Crippen LogP contribution in [0, 0.1) is 13.8 Å². The van der Waals surface area contributed by atoms with Gasteiger partial charge in [-0.15, -0.1) is 0 Å². The molecule has 0 radical (unpaired) electrons. The highest BCUT2D eigenvalue weighted by molar-refractivity contribution is 5.99. The van der Waals surface area contributed by atoms with Gasteiger partial charge in [0.05, 0.1) is 12.7 Å². The fourth-order valence-corrected chi connectivity index (χ4v) is 3.42. The topological polar surface area (TPSA) is 63.6 Å². The summed E-state index contributed by atoms with van der Waals surface area (Å²) >= 11 is 0. The third-order valence-corrected chi connectivity index (χ3v) is 4.83. The molecule has 0 aliphatic carbocycles. The Labute approximate surface area is 153 Å². The number of pyridine rings is 1. The summed E-state index contributed by atoms with van der Waals surface area (Å²) in [5.74, 6) is 0.569. The van der Waals surface area contributed by atoms with E-state index in [0.717, 1.165) is 29.8 Å². The first-order chi connectivity index (χ1) is 12.4. The molecule has 1 N–H and O–H groups in total. The Morgan fingerprint density at radius 2 is 1.73 bits per heavy atom. The largest absolute Gasteiger partial charge is 0.496 e. The van der Waals surface area contributed by atoms with Crippen molar-refractivity contribution in [2.75, 3.05) is 33.3 Å². The molecule has 0 unspecified atom stereocenters. The second-order valence-electron chi connectivity index (χ2n) is 6.74. The minimum absolute atomic E-state index is 0.00374. The zero-order valence-electron chi connectivity index (χ0n) is 15.8. The second kappa shape index (κ2) is 7.33. The van der Waals surface area contributed by atoms with Crippen molar-refractivity contribution < 1.29 is 9.53 Å². The van der Waals surface area contributed by atoms with E-state index in [1.54, 1.807) is 31.8 Å². The smallest absolute Gasteiger partial charge is 0.257 e. The first kappa shape index (κ1) is 18.2. The normalized spacial score (nSPS) is 14.4. The molecule has 1 saturated heterocycles. The number of benzene rings is 1. The molecule has 138 valence electrons. The molecule has 0 spiro atoms. The van der Waals surface area contributed by atoms with Crippen LogP contribution in [-0.2, 0) is 7.05 Å². The van der Waals surface area contributed by atoms with Crippen LogP contribution >= 0.6 is 0 Å². The zero-order valence-corrected chi connectivity index (χ0v) is 15.8. The van der Waals surface area contributed by atoms with E-state index >= 15 is 0 Å². The van der Waals surface area contributed by atoms with E-state index in [1.165, 1.54) is 0 Å². The van der Waals surface area contributed by atoms with E-state index in [1.807, 2.05) is 30.0 Å². The molecule has 1 aromatic carbocycles. The zero-order chi connectivity index (χ0) is 18.8. The number of ether oxygens (including phenoxy) is 1. The summed E-state index contributed by atoms with van der Waals surface area (Å²) < 4.78 is 7.13. The number of aromatic nitrogens is 1. The van der Waals surface area contributed by atoms with Gasteiger partial charge in [0, 0.05) is 45.0 Å². The lowest BCUT2D eigenvalue weighted by Gasteiger charge is -2.28. The van der Waals surface area contributed by atoms with Crippen molar-refractivity contribution in [3.8, 4) is 16.9 Å². The van der Waals surface area contributed by atoms with Crippen molar-refractivity contribution in [3.63, 3.8) is 0 Å². The Kier molecular flexibility index (Phi) is 5.13. The molecule has 0 saturated carbocycles. The number of methoxy groups -OCH3 is 1. The van der Waals surface area contributed by atoms with Gasteiger partial charge in [0.1, 0.15) is 5.75 Å². The molecule has 2 aromatic rings. The third-order valence-electron chi connectivity index (χ3n) is 4.83. The fraction of sp³-hybridized carbons (Fsp3) is 0.400. The highest BCUT2D eigenvalue weighted by Crippen LogP contribution is 2.31. The van der Waals surface area contributed by atoms with Crippen molar-refractivity contribution in [2.24, 2.45) is 7.05 Å². The molecule has 6 nitrogen and oxygen atoms in total. The molecular formula is C20H25N3O3. The predicted molar refractivity (Wildman–Crippen MR) is 102 cm³/mol. The van der Waals surface area contributed by atoms with Gasteiger partial charge in [0.25, 0.3) is 11.5 Å². The SMILES string of the molecule is COc1cc(-c2cc(C)c(=O)n(C)c2)cc(C)c1C(=O)N1CCNCC1. The Morgan fingerprint density at radius 3 is 2.35 bits per heavy atom. The summed E-state index contributed by atoms with van der Waals surface area (Å²) in [4.78, 5) is 26.8. The number of carbonyl (C=O) groups is 1. The van der Waals surface area contributed by atoms with Crippen LogP contribution in [0.5, 0.6) is 5.75 Å². The van der Waals surface area contributed by atoms with Crippen LogP contribution in [0.1, 0.15) is 21.5 Å². The third kappa shape index (κ3) is 3.37. The van der Waals surface area contributed by atoms with Crippen LogP contribution in [0.2, 0.25) is 0 Å². The summed E-state index contributed by atoms with van der Waals surface area (Å²) in [5.41, 5.74) is 4.00. The minimum atomic E-state index is -0.0112. The monoisotopic (exact) mass is 355 g/mol. The van der Waals surface area contributed by atoms with Crippen LogP contribution in [-0.4, -0.2) is 48.7 Å². The number of amides is 1. The molecule has 0 atom stereocenters. The van der Waals surface area contributed by atoms with E-state index in [4.69, 9.17) is 4.74 Å². The Bertz CT molecular complexity index is 870. The molecular weight excluding hydrogens is 330 g/mol. The van der Waals surface area contributed by atoms with Crippen LogP contribution in [0.25, 0.3) is 11.1 Å². The number of rotatable bonds is 3. The van der Waals surface area contributed by atoms with Gasteiger partial charge < -0.3 is 19.5 Å². The van der Waals surface area contributed by atoms with Crippen molar-refractivity contribution in [1.29, 1.82) is 0 Å². The molecule has 1 aliphatic rings. The number of nitrogens with zero attached hydrogens (tertiary/aromatic N) is 2. The van der Waals surface area contributed by atoms with Gasteiger partial charge in [0.15, 0.2) is 0 Å². The molecule has 0 bridgehead atoms. The van der Waals surface area contributed by atoms with Gasteiger partial charge >= 0.3 is 0 Å². The van der Waals surface area contributed by atoms with Gasteiger partial charge in [0.2, 0.25) is 0 Å². The van der Waals surface area contributed by atoms with E-state index < -0.39 is 0 Å². The van der Waals surface area contributed by atoms with Crippen LogP contribution in [0.4, 0.5) is 0 Å². The van der Waals surface area contributed by atoms with Crippen LogP contribution < -0.4 is 15.6 Å². The highest BCUT2D eigenvalue weighted by atomic mass is 16.5. The Morgan fingerprint density at radius 1 is 1.08 bits per heavy atom. The van der Waals surface area contributed by atoms with Gasteiger partial charge in [-0.3, -0.25) is 9.59 Å². The van der Waals surface area contributed by atoms with Gasteiger partial charge in [-0.1, -0.05) is 6.07 Å². The minimum Gasteiger partial charge on any atom is -0.496 e. The molecule has 1 aromatic heterocycles. The van der Waals surface area contributed by atoms with Crippen LogP contribution in [0.15, 0.2) is 29.2 Å². The average Bonchev–Trinajstić information content (AvgIpc) is 2.65. The van der Waals surface area contributed by atoms with Gasteiger partial charge in [-0.2, -0.15) is 0 Å². The lowest BCUT2D eigenvalue weighted by molar-refractivity contribution is 0.0731. The summed E-state index contributed by atoms with van der Waals surface area (Å²) in [5, 5.41) is 3.26. The second-order valence-corrected chi connectivity index (χ2v) is 6.74. The maximum atomic E-state index is 13.0. The summed E-state index contributed by atoms with van der Waals surface area (Å²) in [6.07, 6.45) is 1.81. The van der Waals surface area contributed by atoms with E-state index in [0.29, 0.717) is 30.0 Å². The maximum Gasteiger partial charge on any atom is 0.257 e. The lowest BCUT2D eigenvalue weighted by Crippen LogP contribution is -2.46. The van der Waals surface area contributed by atoms with Crippen molar-refractivity contribution in [3.05, 3.63) is 51.4 Å². The quantitative estimate of drug-likeness (QED) is 0.911. The first-order valence-electron chi connectivity index (χ1n) is 8.78. The number of aryl methyl sites for hydroxylation is 3. The molecule has 6 heteroatoms. The predicted octanol–water partition coefficient (Wildman–Crippen LogP) is 1.72. The summed E-state index contributed by atoms with van der Waals surface area (Å²) in [7, 11) is 3.32. The average molecular weight is 355 g/mol. The van der Waals surface area contributed by atoms with Gasteiger partial charge in [-0.05, 0) is 42.7 Å². The highest BCUT2D eigenvalue weighted by Gasteiger charge is 2.24. The number of carbonyl (C=O) groups excluding carboxylic acids is 1. The number of nitrogens with one attached hydrogen (secondary N) is 1. The molecule has 2 heterocycles. The molecule has 26 heavy (non-hydrogen) atoms. The van der Waals surface area contributed by atoms with E-state index in [-0.39, 0.29) is 11.5 Å². The summed E-state index contributed by atoms with van der Waals surface area (Å²) in [6.45, 7) is 6.74. The Balaban J connectivity index is 2.05. The fourth-order valence-electron chi connectivity index (χ4n) is 3.42. The van der Waals surface area contributed by atoms with Crippen molar-refractivity contribution >= 4 is 5.91 Å². The molecule has 1 amide bonds. The molecule has 1 aliphatic heterocycles. The van der Waals surface area contributed by atoms with Crippen molar-refractivity contribution in [1.82, 2.24) is 14.8 Å². The lowest BCUT2D eigenvalue weighted by atomic mass is 9.98. The number of hydrogen-bond donors (Lipinski definition) is 1. The first-order valence-corrected chi connectivity index (χ1v) is 8.78. The van der Waals surface area contributed by atoms with Crippen LogP contribution in [0.3, 0.4) is 0 Å². The number of piperazine rings is 1. The van der Waals surface area contributed by atoms with E-state index in [9.17, 15) is 9.59 Å². The number of hydrogen-bond acceptors (Lipinski definition) is 4. The molecule has 1 fully saturated rings. The molecule has 3 rings (SSSR count). The standard InChI is InChI=1S/C20H25N3O3/c1-13-9-15(16-10-14(2)19(24)22(3)12-16)11-17(26-4)18(13)20(25)23-7-5-21-6-8-23/h9-12,21H,5-8H2,1-4H3. The van der Waals surface area contributed by atoms with E-state index in [2.05, 4.69) is 5.32 Å². The maximum absolute atomic E-state index is 13.0. The summed E-state index contributed by atoms with van der Waals surface area (Å²) in [6, 6.07) is 5.73. The van der Waals surface area contributed by atoms with Gasteiger partial charge in [-0.25, -0.2) is 0 Å². The Hall–Kier alpha value is -2.60. The van der Waals surface area contributed by atoms with Crippen molar-refractivity contribution in [2.45, 2.75) is 13.8 Å².